The highest BCUT2D eigenvalue weighted by atomic mass is 16.5. The first kappa shape index (κ1) is 8.97. The summed E-state index contributed by atoms with van der Waals surface area (Å²) in [4.78, 5) is 1.71. The molecule has 0 bridgehead atoms. The first-order valence-electron chi connectivity index (χ1n) is 4.20. The van der Waals surface area contributed by atoms with Gasteiger partial charge in [0.2, 0.25) is 5.91 Å². The third kappa shape index (κ3) is 2.43. The van der Waals surface area contributed by atoms with Gasteiger partial charge >= 0.3 is 0 Å². The number of hydrogen-bond acceptors (Lipinski definition) is 3. The summed E-state index contributed by atoms with van der Waals surface area (Å²) in [5, 5.41) is 18.5. The zero-order valence-electron chi connectivity index (χ0n) is 7.25. The van der Waals surface area contributed by atoms with Crippen LogP contribution in [0.3, 0.4) is 0 Å². The summed E-state index contributed by atoms with van der Waals surface area (Å²) in [6.07, 6.45) is 2.27. The van der Waals surface area contributed by atoms with Gasteiger partial charge in [0, 0.05) is 20.0 Å². The fraction of sp³-hybridized carbons (Fsp3) is 1.00. The van der Waals surface area contributed by atoms with Gasteiger partial charge in [0.05, 0.1) is 0 Å². The van der Waals surface area contributed by atoms with E-state index >= 15 is 0 Å². The van der Waals surface area contributed by atoms with Crippen LogP contribution in [0.5, 0.6) is 0 Å². The molecule has 1 saturated heterocycles. The lowest BCUT2D eigenvalue weighted by molar-refractivity contribution is -0.257. The monoisotopic (exact) mass is 159 g/mol. The van der Waals surface area contributed by atoms with Gasteiger partial charge in [0.1, 0.15) is 0 Å². The second kappa shape index (κ2) is 3.09. The van der Waals surface area contributed by atoms with Crippen molar-refractivity contribution in [2.45, 2.75) is 32.6 Å². The van der Waals surface area contributed by atoms with Gasteiger partial charge in [-0.25, -0.2) is 0 Å². The first-order chi connectivity index (χ1) is 5.00. The topological polar surface area (TPSA) is 43.7 Å². The Kier molecular flexibility index (Phi) is 2.52. The van der Waals surface area contributed by atoms with Crippen molar-refractivity contribution in [3.8, 4) is 0 Å². The quantitative estimate of drug-likeness (QED) is 0.543. The molecule has 1 aliphatic rings. The summed E-state index contributed by atoms with van der Waals surface area (Å²) in [7, 11) is 0. The maximum absolute atomic E-state index is 9.24. The van der Waals surface area contributed by atoms with Gasteiger partial charge in [-0.2, -0.15) is 0 Å². The van der Waals surface area contributed by atoms with E-state index in [1.165, 1.54) is 13.3 Å². The van der Waals surface area contributed by atoms with Crippen molar-refractivity contribution in [2.24, 2.45) is 5.92 Å². The lowest BCUT2D eigenvalue weighted by atomic mass is 10.00. The number of nitrogens with zero attached hydrogens (tertiary/aromatic N) is 1. The molecular formula is C8H17NO2. The van der Waals surface area contributed by atoms with Crippen molar-refractivity contribution in [3.05, 3.63) is 0 Å². The molecular weight excluding hydrogens is 142 g/mol. The summed E-state index contributed by atoms with van der Waals surface area (Å²) in [6.45, 7) is 5.15. The predicted molar refractivity (Wildman–Crippen MR) is 42.8 cm³/mol. The molecule has 0 aromatic carbocycles. The maximum atomic E-state index is 9.24. The Balaban J connectivity index is 2.46. The molecule has 0 aromatic rings. The van der Waals surface area contributed by atoms with Gasteiger partial charge in [-0.05, 0) is 18.8 Å². The van der Waals surface area contributed by atoms with E-state index in [0.29, 0.717) is 5.92 Å². The first-order valence-corrected chi connectivity index (χ1v) is 4.20. The van der Waals surface area contributed by atoms with E-state index in [1.807, 2.05) is 0 Å². The SMILES string of the molecule is CC1CCCN(C(C)(O)O)C1. The molecule has 0 amide bonds. The summed E-state index contributed by atoms with van der Waals surface area (Å²) in [5.41, 5.74) is 0. The second-order valence-electron chi connectivity index (χ2n) is 3.66. The summed E-state index contributed by atoms with van der Waals surface area (Å²) < 4.78 is 0. The summed E-state index contributed by atoms with van der Waals surface area (Å²) in [5.74, 6) is -1.03. The molecule has 1 rings (SSSR count). The van der Waals surface area contributed by atoms with Gasteiger partial charge in [-0.1, -0.05) is 6.92 Å². The van der Waals surface area contributed by atoms with Crippen LogP contribution in [0.4, 0.5) is 0 Å². The molecule has 0 aromatic heterocycles. The Morgan fingerprint density at radius 3 is 2.45 bits per heavy atom. The highest BCUT2D eigenvalue weighted by molar-refractivity contribution is 4.72. The number of piperidine rings is 1. The van der Waals surface area contributed by atoms with Crippen LogP contribution in [-0.4, -0.2) is 34.1 Å². The predicted octanol–water partition coefficient (Wildman–Crippen LogP) is 0.377. The standard InChI is InChI=1S/C8H17NO2/c1-7-4-3-5-9(6-7)8(2,10)11/h7,10-11H,3-6H2,1-2H3. The van der Waals surface area contributed by atoms with Crippen LogP contribution in [0.2, 0.25) is 0 Å². The average Bonchev–Trinajstić information content (AvgIpc) is 1.86. The van der Waals surface area contributed by atoms with Crippen LogP contribution >= 0.6 is 0 Å². The molecule has 1 heterocycles. The Bertz CT molecular complexity index is 131. The Morgan fingerprint density at radius 1 is 1.45 bits per heavy atom. The Hall–Kier alpha value is -0.120. The minimum absolute atomic E-state index is 0.586. The molecule has 1 atom stereocenters. The zero-order valence-corrected chi connectivity index (χ0v) is 7.25. The highest BCUT2D eigenvalue weighted by Gasteiger charge is 2.29. The highest BCUT2D eigenvalue weighted by Crippen LogP contribution is 2.20. The van der Waals surface area contributed by atoms with Crippen molar-refractivity contribution in [3.63, 3.8) is 0 Å². The van der Waals surface area contributed by atoms with E-state index in [2.05, 4.69) is 6.92 Å². The zero-order chi connectivity index (χ0) is 8.48. The van der Waals surface area contributed by atoms with Gasteiger partial charge < -0.3 is 10.2 Å². The fourth-order valence-electron chi connectivity index (χ4n) is 1.57. The van der Waals surface area contributed by atoms with E-state index in [0.717, 1.165) is 19.5 Å². The maximum Gasteiger partial charge on any atom is 0.221 e. The number of aliphatic hydroxyl groups is 2. The normalized spacial score (nSPS) is 28.9. The minimum atomic E-state index is -1.62. The summed E-state index contributed by atoms with van der Waals surface area (Å²) >= 11 is 0. The van der Waals surface area contributed by atoms with Crippen LogP contribution in [0, 0.1) is 5.92 Å². The Morgan fingerprint density at radius 2 is 2.09 bits per heavy atom. The smallest absolute Gasteiger partial charge is 0.221 e. The molecule has 11 heavy (non-hydrogen) atoms. The Labute approximate surface area is 67.6 Å². The number of hydrogen-bond donors (Lipinski definition) is 2. The average molecular weight is 159 g/mol. The lowest BCUT2D eigenvalue weighted by Crippen LogP contribution is -2.50. The van der Waals surface area contributed by atoms with Crippen LogP contribution in [0.1, 0.15) is 26.7 Å². The van der Waals surface area contributed by atoms with Crippen LogP contribution in [0.15, 0.2) is 0 Å². The van der Waals surface area contributed by atoms with E-state index in [4.69, 9.17) is 0 Å². The van der Waals surface area contributed by atoms with E-state index in [1.54, 1.807) is 4.90 Å². The molecule has 3 heteroatoms. The van der Waals surface area contributed by atoms with Gasteiger partial charge in [0.15, 0.2) is 0 Å². The van der Waals surface area contributed by atoms with Crippen molar-refractivity contribution in [1.82, 2.24) is 4.90 Å². The third-order valence-electron chi connectivity index (χ3n) is 2.26. The van der Waals surface area contributed by atoms with E-state index in [-0.39, 0.29) is 0 Å². The molecule has 1 aliphatic heterocycles. The van der Waals surface area contributed by atoms with Gasteiger partial charge in [-0.3, -0.25) is 4.90 Å². The molecule has 1 unspecified atom stereocenters. The largest absolute Gasteiger partial charge is 0.353 e. The third-order valence-corrected chi connectivity index (χ3v) is 2.26. The molecule has 0 spiro atoms. The number of likely N-dealkylation sites (tertiary alicyclic amines) is 1. The van der Waals surface area contributed by atoms with Gasteiger partial charge in [0.25, 0.3) is 0 Å². The molecule has 3 nitrogen and oxygen atoms in total. The molecule has 0 radical (unpaired) electrons. The number of rotatable bonds is 1. The van der Waals surface area contributed by atoms with E-state index < -0.39 is 5.91 Å². The van der Waals surface area contributed by atoms with Crippen LogP contribution in [-0.2, 0) is 0 Å². The minimum Gasteiger partial charge on any atom is -0.353 e. The van der Waals surface area contributed by atoms with Crippen molar-refractivity contribution in [1.29, 1.82) is 0 Å². The molecule has 0 saturated carbocycles. The summed E-state index contributed by atoms with van der Waals surface area (Å²) in [6, 6.07) is 0. The second-order valence-corrected chi connectivity index (χ2v) is 3.66. The van der Waals surface area contributed by atoms with Crippen molar-refractivity contribution < 1.29 is 10.2 Å². The molecule has 66 valence electrons. The van der Waals surface area contributed by atoms with Gasteiger partial charge in [-0.15, -0.1) is 0 Å². The lowest BCUT2D eigenvalue weighted by Gasteiger charge is -2.37. The molecule has 2 N–H and O–H groups in total. The molecule has 0 aliphatic carbocycles. The fourth-order valence-corrected chi connectivity index (χ4v) is 1.57. The van der Waals surface area contributed by atoms with Crippen LogP contribution < -0.4 is 0 Å². The van der Waals surface area contributed by atoms with E-state index in [9.17, 15) is 10.2 Å². The van der Waals surface area contributed by atoms with Crippen molar-refractivity contribution >= 4 is 0 Å². The molecule has 1 fully saturated rings. The van der Waals surface area contributed by atoms with Crippen molar-refractivity contribution in [2.75, 3.05) is 13.1 Å². The van der Waals surface area contributed by atoms with Crippen LogP contribution in [0.25, 0.3) is 0 Å².